The quantitative estimate of drug-likeness (QED) is 0.658. The monoisotopic (exact) mass is 506 g/mol. The van der Waals surface area contributed by atoms with Gasteiger partial charge in [-0.15, -0.1) is 0 Å². The van der Waals surface area contributed by atoms with E-state index in [2.05, 4.69) is 59.3 Å². The van der Waals surface area contributed by atoms with Gasteiger partial charge < -0.3 is 15.4 Å². The average Bonchev–Trinajstić information content (AvgIpc) is 3.21. The number of ether oxygens (including phenoxy) is 1. The van der Waals surface area contributed by atoms with E-state index in [1.165, 1.54) is 24.4 Å². The molecule has 0 radical (unpaired) electrons. The van der Waals surface area contributed by atoms with Gasteiger partial charge in [-0.1, -0.05) is 15.9 Å². The minimum atomic E-state index is -0.312. The third-order valence-corrected chi connectivity index (χ3v) is 8.34. The maximum Gasteiger partial charge on any atom is 0.141 e. The number of hydrogen-bond donors (Lipinski definition) is 2. The van der Waals surface area contributed by atoms with Gasteiger partial charge in [0.2, 0.25) is 0 Å². The first kappa shape index (κ1) is 21.8. The van der Waals surface area contributed by atoms with Crippen molar-refractivity contribution >= 4 is 38.2 Å². The molecule has 4 N–H and O–H groups in total. The van der Waals surface area contributed by atoms with Crippen LogP contribution in [0.15, 0.2) is 28.7 Å². The number of rotatable bonds is 3. The van der Waals surface area contributed by atoms with E-state index in [0.717, 1.165) is 65.6 Å². The van der Waals surface area contributed by atoms with Gasteiger partial charge in [-0.25, -0.2) is 4.90 Å². The zero-order chi connectivity index (χ0) is 21.5. The topological polar surface area (TPSA) is 83.9 Å². The number of benzene rings is 1. The maximum atomic E-state index is 6.93. The summed E-state index contributed by atoms with van der Waals surface area (Å²) in [6, 6.07) is 9.44. The zero-order valence-electron chi connectivity index (χ0n) is 17.9. The Balaban J connectivity index is 1.41. The Kier molecular flexibility index (Phi) is 6.35. The lowest BCUT2D eigenvalue weighted by molar-refractivity contribution is -0.00929. The number of hydrogen-bond acceptors (Lipinski definition) is 8. The minimum Gasteiger partial charge on any atom is -0.379 e. The van der Waals surface area contributed by atoms with Gasteiger partial charge in [-0.3, -0.25) is 10.6 Å². The van der Waals surface area contributed by atoms with Crippen molar-refractivity contribution in [3.8, 4) is 0 Å². The summed E-state index contributed by atoms with van der Waals surface area (Å²) < 4.78 is 11.1. The van der Waals surface area contributed by atoms with Gasteiger partial charge >= 0.3 is 0 Å². The smallest absolute Gasteiger partial charge is 0.141 e. The predicted molar refractivity (Wildman–Crippen MR) is 128 cm³/mol. The van der Waals surface area contributed by atoms with E-state index in [1.54, 1.807) is 0 Å². The van der Waals surface area contributed by atoms with Gasteiger partial charge in [-0.2, -0.15) is 4.37 Å². The molecule has 1 aliphatic carbocycles. The minimum absolute atomic E-state index is 0.224. The normalized spacial score (nSPS) is 30.4. The van der Waals surface area contributed by atoms with Crippen LogP contribution in [0.5, 0.6) is 0 Å². The molecule has 168 valence electrons. The fourth-order valence-corrected chi connectivity index (χ4v) is 6.59. The highest BCUT2D eigenvalue weighted by Crippen LogP contribution is 2.44. The Labute approximate surface area is 196 Å². The van der Waals surface area contributed by atoms with Gasteiger partial charge in [0.1, 0.15) is 11.3 Å². The van der Waals surface area contributed by atoms with Gasteiger partial charge in [0.15, 0.2) is 0 Å². The lowest BCUT2D eigenvalue weighted by Crippen LogP contribution is -2.62. The molecule has 3 heterocycles. The molecule has 1 saturated heterocycles. The number of halogens is 1. The van der Waals surface area contributed by atoms with Crippen LogP contribution in [0.3, 0.4) is 0 Å². The van der Waals surface area contributed by atoms with Crippen molar-refractivity contribution in [2.45, 2.75) is 57.1 Å². The van der Waals surface area contributed by atoms with E-state index in [4.69, 9.17) is 16.2 Å². The van der Waals surface area contributed by atoms with Crippen molar-refractivity contribution in [2.24, 2.45) is 11.5 Å². The summed E-state index contributed by atoms with van der Waals surface area (Å²) >= 11 is 5.13. The van der Waals surface area contributed by atoms with Crippen LogP contribution in [-0.4, -0.2) is 58.9 Å². The first-order valence-electron chi connectivity index (χ1n) is 11.2. The summed E-state index contributed by atoms with van der Waals surface area (Å²) in [4.78, 5) is 7.15. The third-order valence-electron chi connectivity index (χ3n) is 6.96. The summed E-state index contributed by atoms with van der Waals surface area (Å²) in [7, 11) is 0. The van der Waals surface area contributed by atoms with Gasteiger partial charge in [0, 0.05) is 35.2 Å². The molecule has 1 aromatic carbocycles. The molecule has 0 amide bonds. The first-order valence-corrected chi connectivity index (χ1v) is 12.7. The SMILES string of the molecule is Cc1cc(N2c3ccc(Br)cc3C(N)N(C3CCC(N4CCOCC4)CC3)C2N)sn1. The maximum absolute atomic E-state index is 6.93. The lowest BCUT2D eigenvalue weighted by atomic mass is 9.87. The number of aryl methyl sites for hydroxylation is 1. The summed E-state index contributed by atoms with van der Waals surface area (Å²) in [5, 5.41) is 1.06. The van der Waals surface area contributed by atoms with Crippen molar-refractivity contribution in [3.05, 3.63) is 40.0 Å². The van der Waals surface area contributed by atoms with Crippen molar-refractivity contribution in [3.63, 3.8) is 0 Å². The van der Waals surface area contributed by atoms with Crippen LogP contribution in [0, 0.1) is 6.92 Å². The highest BCUT2D eigenvalue weighted by molar-refractivity contribution is 9.10. The highest BCUT2D eigenvalue weighted by atomic mass is 79.9. The standard InChI is InChI=1S/C22H31BrN6OS/c1-14-12-20(31-26-14)29-19-7-2-15(23)13-18(19)21(24)28(22(29)25)17-5-3-16(4-6-17)27-8-10-30-11-9-27/h2,7,12-13,16-17,21-22H,3-6,8-11,24-25H2,1H3. The Bertz CT molecular complexity index is 911. The van der Waals surface area contributed by atoms with Crippen LogP contribution >= 0.6 is 27.5 Å². The number of morpholine rings is 1. The Hall–Kier alpha value is -1.07. The second-order valence-corrected chi connectivity index (χ2v) is 10.5. The molecule has 7 nitrogen and oxygen atoms in total. The predicted octanol–water partition coefficient (Wildman–Crippen LogP) is 3.51. The molecule has 2 fully saturated rings. The molecule has 1 aromatic heterocycles. The Morgan fingerprint density at radius 3 is 2.45 bits per heavy atom. The molecule has 5 rings (SSSR count). The van der Waals surface area contributed by atoms with E-state index in [0.29, 0.717) is 12.1 Å². The molecule has 2 aliphatic heterocycles. The molecule has 2 unspecified atom stereocenters. The van der Waals surface area contributed by atoms with Crippen molar-refractivity contribution < 1.29 is 4.74 Å². The highest BCUT2D eigenvalue weighted by Gasteiger charge is 2.42. The number of fused-ring (bicyclic) bond motifs is 1. The summed E-state index contributed by atoms with van der Waals surface area (Å²) in [6.07, 6.45) is 4.06. The van der Waals surface area contributed by atoms with Crippen molar-refractivity contribution in [1.29, 1.82) is 0 Å². The molecular weight excluding hydrogens is 476 g/mol. The molecule has 0 spiro atoms. The van der Waals surface area contributed by atoms with E-state index in [9.17, 15) is 0 Å². The van der Waals surface area contributed by atoms with Crippen LogP contribution in [0.2, 0.25) is 0 Å². The second kappa shape index (κ2) is 9.05. The molecule has 31 heavy (non-hydrogen) atoms. The fourth-order valence-electron chi connectivity index (χ4n) is 5.40. The molecule has 9 heteroatoms. The van der Waals surface area contributed by atoms with Crippen molar-refractivity contribution in [1.82, 2.24) is 14.2 Å². The summed E-state index contributed by atoms with van der Waals surface area (Å²) in [6.45, 7) is 5.84. The fraction of sp³-hybridized carbons (Fsp3) is 0.591. The van der Waals surface area contributed by atoms with Gasteiger partial charge in [0.05, 0.1) is 30.8 Å². The lowest BCUT2D eigenvalue weighted by Gasteiger charge is -2.51. The van der Waals surface area contributed by atoms with Crippen LogP contribution in [-0.2, 0) is 4.74 Å². The number of nitrogens with two attached hydrogens (primary N) is 2. The molecule has 3 aliphatic rings. The van der Waals surface area contributed by atoms with Gasteiger partial charge in [0.25, 0.3) is 0 Å². The number of aromatic nitrogens is 1. The van der Waals surface area contributed by atoms with Crippen LogP contribution < -0.4 is 16.4 Å². The molecule has 1 saturated carbocycles. The van der Waals surface area contributed by atoms with E-state index < -0.39 is 0 Å². The summed E-state index contributed by atoms with van der Waals surface area (Å²) in [5.41, 5.74) is 17.0. The van der Waals surface area contributed by atoms with E-state index >= 15 is 0 Å². The molecule has 0 bridgehead atoms. The number of anilines is 2. The zero-order valence-corrected chi connectivity index (χ0v) is 20.3. The number of nitrogens with zero attached hydrogens (tertiary/aromatic N) is 4. The van der Waals surface area contributed by atoms with Gasteiger partial charge in [-0.05, 0) is 68.4 Å². The molecule has 2 atom stereocenters. The first-order chi connectivity index (χ1) is 15.0. The summed E-state index contributed by atoms with van der Waals surface area (Å²) in [5.74, 6) is 0. The average molecular weight is 508 g/mol. The largest absolute Gasteiger partial charge is 0.379 e. The Morgan fingerprint density at radius 2 is 1.77 bits per heavy atom. The van der Waals surface area contributed by atoms with E-state index in [-0.39, 0.29) is 12.5 Å². The van der Waals surface area contributed by atoms with Crippen LogP contribution in [0.25, 0.3) is 0 Å². The molecule has 2 aromatic rings. The van der Waals surface area contributed by atoms with Crippen LogP contribution in [0.1, 0.15) is 43.1 Å². The van der Waals surface area contributed by atoms with Crippen LogP contribution in [0.4, 0.5) is 10.7 Å². The molecular formula is C22H31BrN6OS. The Morgan fingerprint density at radius 1 is 1.06 bits per heavy atom. The second-order valence-electron chi connectivity index (χ2n) is 8.80. The third kappa shape index (κ3) is 4.17. The van der Waals surface area contributed by atoms with E-state index in [1.807, 2.05) is 6.92 Å². The van der Waals surface area contributed by atoms with Crippen molar-refractivity contribution in [2.75, 3.05) is 31.2 Å².